The average Bonchev–Trinajstić information content (AvgIpc) is 2.61. The number of amides is 2. The van der Waals surface area contributed by atoms with Gasteiger partial charge in [0.05, 0.1) is 6.61 Å². The van der Waals surface area contributed by atoms with Crippen LogP contribution in [0.3, 0.4) is 0 Å². The Morgan fingerprint density at radius 2 is 1.92 bits per heavy atom. The first kappa shape index (κ1) is 19.0. The summed E-state index contributed by atoms with van der Waals surface area (Å²) in [6.45, 7) is 5.77. The highest BCUT2D eigenvalue weighted by Crippen LogP contribution is 2.12. The average molecular weight is 349 g/mol. The van der Waals surface area contributed by atoms with Crippen molar-refractivity contribution >= 4 is 17.8 Å². The number of carbonyl (C=O) groups excluding carboxylic acids is 2. The van der Waals surface area contributed by atoms with Crippen LogP contribution in [0.25, 0.3) is 0 Å². The van der Waals surface area contributed by atoms with Crippen LogP contribution < -0.4 is 5.32 Å². The van der Waals surface area contributed by atoms with Crippen LogP contribution in [0.15, 0.2) is 18.3 Å². The van der Waals surface area contributed by atoms with Gasteiger partial charge in [-0.2, -0.15) is 0 Å². The number of hydrogen-bond donors (Lipinski definition) is 1. The Kier molecular flexibility index (Phi) is 7.00. The zero-order valence-electron chi connectivity index (χ0n) is 15.2. The largest absolute Gasteiger partial charge is 0.450 e. The quantitative estimate of drug-likeness (QED) is 0.825. The van der Waals surface area contributed by atoms with Crippen LogP contribution in [0.4, 0.5) is 10.6 Å². The van der Waals surface area contributed by atoms with Crippen molar-refractivity contribution in [2.45, 2.75) is 6.92 Å². The molecule has 1 aliphatic rings. The van der Waals surface area contributed by atoms with Gasteiger partial charge < -0.3 is 24.8 Å². The van der Waals surface area contributed by atoms with Crippen molar-refractivity contribution in [2.75, 3.05) is 65.3 Å². The molecule has 0 radical (unpaired) electrons. The van der Waals surface area contributed by atoms with E-state index < -0.39 is 0 Å². The third-order valence-electron chi connectivity index (χ3n) is 3.96. The van der Waals surface area contributed by atoms with Gasteiger partial charge in [0.25, 0.3) is 5.91 Å². The van der Waals surface area contributed by atoms with Crippen molar-refractivity contribution in [3.63, 3.8) is 0 Å². The molecule has 8 nitrogen and oxygen atoms in total. The van der Waals surface area contributed by atoms with Gasteiger partial charge in [-0.05, 0) is 33.2 Å². The predicted molar refractivity (Wildman–Crippen MR) is 95.8 cm³/mol. The van der Waals surface area contributed by atoms with E-state index in [1.165, 1.54) is 0 Å². The molecule has 2 heterocycles. The van der Waals surface area contributed by atoms with Crippen LogP contribution in [-0.4, -0.2) is 91.7 Å². The number of nitrogens with one attached hydrogen (secondary N) is 1. The van der Waals surface area contributed by atoms with Gasteiger partial charge in [0, 0.05) is 51.0 Å². The Morgan fingerprint density at radius 1 is 1.24 bits per heavy atom. The third-order valence-corrected chi connectivity index (χ3v) is 3.96. The zero-order chi connectivity index (χ0) is 18.2. The highest BCUT2D eigenvalue weighted by atomic mass is 16.6. The first-order valence-electron chi connectivity index (χ1n) is 8.57. The monoisotopic (exact) mass is 349 g/mol. The summed E-state index contributed by atoms with van der Waals surface area (Å²) in [6.07, 6.45) is 1.32. The number of pyridine rings is 1. The molecule has 8 heteroatoms. The maximum absolute atomic E-state index is 12.7. The number of carbonyl (C=O) groups is 2. The molecule has 25 heavy (non-hydrogen) atoms. The normalized spacial score (nSPS) is 14.6. The molecule has 0 bridgehead atoms. The van der Waals surface area contributed by atoms with Crippen LogP contribution in [0.2, 0.25) is 0 Å². The Balaban J connectivity index is 1.89. The summed E-state index contributed by atoms with van der Waals surface area (Å²) in [6, 6.07) is 3.49. The minimum absolute atomic E-state index is 0.0402. The van der Waals surface area contributed by atoms with Gasteiger partial charge in [0.15, 0.2) is 0 Å². The molecular formula is C17H27N5O3. The predicted octanol–water partition coefficient (Wildman–Crippen LogP) is 0.969. The zero-order valence-corrected chi connectivity index (χ0v) is 15.2. The fraction of sp³-hybridized carbons (Fsp3) is 0.588. The smallest absolute Gasteiger partial charge is 0.409 e. The second-order valence-corrected chi connectivity index (χ2v) is 6.14. The van der Waals surface area contributed by atoms with Gasteiger partial charge in [0.2, 0.25) is 0 Å². The second kappa shape index (κ2) is 9.22. The summed E-state index contributed by atoms with van der Waals surface area (Å²) >= 11 is 0. The number of ether oxygens (including phenoxy) is 1. The Morgan fingerprint density at radius 3 is 2.56 bits per heavy atom. The molecule has 1 aromatic rings. The molecule has 2 amide bonds. The lowest BCUT2D eigenvalue weighted by molar-refractivity contribution is 0.0570. The summed E-state index contributed by atoms with van der Waals surface area (Å²) in [4.78, 5) is 34.1. The molecule has 0 aliphatic carbocycles. The van der Waals surface area contributed by atoms with Gasteiger partial charge in [-0.25, -0.2) is 9.78 Å². The van der Waals surface area contributed by atoms with Crippen molar-refractivity contribution in [1.82, 2.24) is 19.7 Å². The lowest BCUT2D eigenvalue weighted by Gasteiger charge is -2.34. The molecular weight excluding hydrogens is 322 g/mol. The molecule has 1 saturated heterocycles. The van der Waals surface area contributed by atoms with Crippen molar-refractivity contribution < 1.29 is 14.3 Å². The maximum Gasteiger partial charge on any atom is 0.409 e. The molecule has 2 rings (SSSR count). The van der Waals surface area contributed by atoms with Crippen molar-refractivity contribution in [3.8, 4) is 0 Å². The topological polar surface area (TPSA) is 78.0 Å². The minimum atomic E-state index is -0.314. The van der Waals surface area contributed by atoms with Crippen molar-refractivity contribution in [3.05, 3.63) is 23.9 Å². The molecule has 0 spiro atoms. The lowest BCUT2D eigenvalue weighted by Crippen LogP contribution is -2.50. The third kappa shape index (κ3) is 5.60. The highest BCUT2D eigenvalue weighted by molar-refractivity contribution is 5.95. The minimum Gasteiger partial charge on any atom is -0.450 e. The standard InChI is InChI=1S/C17H27N5O3/c1-4-25-17(24)22-11-9-21(10-12-22)16(23)14-5-6-18-15(13-14)19-7-8-20(2)3/h5-6,13H,4,7-12H2,1-3H3,(H,18,19). The molecule has 0 aromatic carbocycles. The molecule has 1 aromatic heterocycles. The van der Waals surface area contributed by atoms with Gasteiger partial charge in [-0.15, -0.1) is 0 Å². The Bertz CT molecular complexity index is 585. The molecule has 1 N–H and O–H groups in total. The van der Waals surface area contributed by atoms with Gasteiger partial charge in [-0.3, -0.25) is 4.79 Å². The summed E-state index contributed by atoms with van der Waals surface area (Å²) < 4.78 is 5.00. The van der Waals surface area contributed by atoms with Gasteiger partial charge >= 0.3 is 6.09 Å². The number of aromatic nitrogens is 1. The first-order chi connectivity index (χ1) is 12.0. The summed E-state index contributed by atoms with van der Waals surface area (Å²) in [5.74, 6) is 0.652. The molecule has 0 unspecified atom stereocenters. The molecule has 0 saturated carbocycles. The van der Waals surface area contributed by atoms with E-state index in [-0.39, 0.29) is 12.0 Å². The first-order valence-corrected chi connectivity index (χ1v) is 8.57. The number of rotatable bonds is 6. The van der Waals surface area contributed by atoms with E-state index in [2.05, 4.69) is 15.2 Å². The summed E-state index contributed by atoms with van der Waals surface area (Å²) in [5, 5.41) is 3.22. The van der Waals surface area contributed by atoms with Gasteiger partial charge in [-0.1, -0.05) is 0 Å². The van der Waals surface area contributed by atoms with E-state index in [9.17, 15) is 9.59 Å². The van der Waals surface area contributed by atoms with Crippen LogP contribution in [0, 0.1) is 0 Å². The number of anilines is 1. The van der Waals surface area contributed by atoms with E-state index in [1.54, 1.807) is 35.1 Å². The van der Waals surface area contributed by atoms with Crippen LogP contribution in [0.5, 0.6) is 0 Å². The van der Waals surface area contributed by atoms with E-state index in [0.717, 1.165) is 13.1 Å². The second-order valence-electron chi connectivity index (χ2n) is 6.14. The fourth-order valence-electron chi connectivity index (χ4n) is 2.56. The molecule has 1 fully saturated rings. The molecule has 1 aliphatic heterocycles. The van der Waals surface area contributed by atoms with Crippen molar-refractivity contribution in [1.29, 1.82) is 0 Å². The van der Waals surface area contributed by atoms with Crippen molar-refractivity contribution in [2.24, 2.45) is 0 Å². The van der Waals surface area contributed by atoms with E-state index in [1.807, 2.05) is 14.1 Å². The van der Waals surface area contributed by atoms with E-state index in [4.69, 9.17) is 4.74 Å². The van der Waals surface area contributed by atoms with E-state index in [0.29, 0.717) is 44.2 Å². The Hall–Kier alpha value is -2.35. The summed E-state index contributed by atoms with van der Waals surface area (Å²) in [7, 11) is 4.01. The van der Waals surface area contributed by atoms with Gasteiger partial charge in [0.1, 0.15) is 5.82 Å². The number of piperazine rings is 1. The number of hydrogen-bond acceptors (Lipinski definition) is 6. The fourth-order valence-corrected chi connectivity index (χ4v) is 2.56. The Labute approximate surface area is 148 Å². The van der Waals surface area contributed by atoms with Crippen LogP contribution in [0.1, 0.15) is 17.3 Å². The van der Waals surface area contributed by atoms with Crippen LogP contribution in [-0.2, 0) is 4.74 Å². The SMILES string of the molecule is CCOC(=O)N1CCN(C(=O)c2ccnc(NCCN(C)C)c2)CC1. The maximum atomic E-state index is 12.7. The summed E-state index contributed by atoms with van der Waals surface area (Å²) in [5.41, 5.74) is 0.604. The lowest BCUT2D eigenvalue weighted by atomic mass is 10.2. The highest BCUT2D eigenvalue weighted by Gasteiger charge is 2.25. The van der Waals surface area contributed by atoms with E-state index >= 15 is 0 Å². The molecule has 0 atom stereocenters. The molecule has 138 valence electrons. The number of likely N-dealkylation sites (N-methyl/N-ethyl adjacent to an activating group) is 1. The van der Waals surface area contributed by atoms with Crippen LogP contribution >= 0.6 is 0 Å². The number of nitrogens with zero attached hydrogens (tertiary/aromatic N) is 4.